The number of carbonyl (C=O) groups excluding carboxylic acids is 1. The van der Waals surface area contributed by atoms with Crippen LogP contribution in [-0.2, 0) is 11.3 Å². The summed E-state index contributed by atoms with van der Waals surface area (Å²) in [5.41, 5.74) is -0.0462. The standard InChI is InChI=1S/C17H12N4O8/c1-27-17(22)11-4-7-14(13(8-11)21(25)26)28-9-15-18-19-16(29-15)10-2-5-12(6-3-10)20(23)24/h2-8H,9H2,1H3. The summed E-state index contributed by atoms with van der Waals surface area (Å²) in [5, 5.41) is 29.5. The van der Waals surface area contributed by atoms with Gasteiger partial charge in [-0.1, -0.05) is 0 Å². The lowest BCUT2D eigenvalue weighted by Gasteiger charge is -2.06. The average molecular weight is 400 g/mol. The first-order valence-electron chi connectivity index (χ1n) is 7.96. The number of aromatic nitrogens is 2. The van der Waals surface area contributed by atoms with Crippen molar-refractivity contribution in [3.05, 3.63) is 74.1 Å². The van der Waals surface area contributed by atoms with E-state index >= 15 is 0 Å². The molecule has 0 saturated heterocycles. The summed E-state index contributed by atoms with van der Waals surface area (Å²) < 4.78 is 15.3. The molecule has 2 aromatic carbocycles. The molecule has 0 aliphatic carbocycles. The lowest BCUT2D eigenvalue weighted by molar-refractivity contribution is -0.386. The predicted molar refractivity (Wildman–Crippen MR) is 95.2 cm³/mol. The van der Waals surface area contributed by atoms with Crippen molar-refractivity contribution in [2.75, 3.05) is 7.11 Å². The Morgan fingerprint density at radius 2 is 1.79 bits per heavy atom. The number of methoxy groups -OCH3 is 1. The fraction of sp³-hybridized carbons (Fsp3) is 0.118. The molecule has 0 atom stereocenters. The van der Waals surface area contributed by atoms with Crippen LogP contribution in [0.4, 0.5) is 11.4 Å². The van der Waals surface area contributed by atoms with Gasteiger partial charge < -0.3 is 13.9 Å². The number of nitro benzene ring substituents is 2. The van der Waals surface area contributed by atoms with Crippen molar-refractivity contribution in [3.63, 3.8) is 0 Å². The molecular weight excluding hydrogens is 388 g/mol. The second kappa shape index (κ2) is 8.12. The van der Waals surface area contributed by atoms with Crippen molar-refractivity contribution >= 4 is 17.3 Å². The third kappa shape index (κ3) is 4.32. The zero-order valence-corrected chi connectivity index (χ0v) is 14.8. The molecule has 12 nitrogen and oxygen atoms in total. The van der Waals surface area contributed by atoms with Crippen molar-refractivity contribution in [2.45, 2.75) is 6.61 Å². The third-order valence-corrected chi connectivity index (χ3v) is 3.72. The Kier molecular flexibility index (Phi) is 5.44. The molecule has 0 N–H and O–H groups in total. The first kappa shape index (κ1) is 19.4. The third-order valence-electron chi connectivity index (χ3n) is 3.72. The van der Waals surface area contributed by atoms with Gasteiger partial charge in [0.15, 0.2) is 12.4 Å². The van der Waals surface area contributed by atoms with E-state index in [1.807, 2.05) is 0 Å². The summed E-state index contributed by atoms with van der Waals surface area (Å²) in [5.74, 6) is -0.680. The van der Waals surface area contributed by atoms with E-state index in [-0.39, 0.29) is 35.4 Å². The lowest BCUT2D eigenvalue weighted by atomic mass is 10.2. The Hall–Kier alpha value is -4.35. The first-order chi connectivity index (χ1) is 13.9. The van der Waals surface area contributed by atoms with Gasteiger partial charge in [0.25, 0.3) is 11.6 Å². The highest BCUT2D eigenvalue weighted by Crippen LogP contribution is 2.29. The zero-order chi connectivity index (χ0) is 21.0. The molecule has 0 radical (unpaired) electrons. The zero-order valence-electron chi connectivity index (χ0n) is 14.8. The van der Waals surface area contributed by atoms with E-state index in [1.165, 1.54) is 36.4 Å². The molecular formula is C17H12N4O8. The van der Waals surface area contributed by atoms with Crippen molar-refractivity contribution in [3.8, 4) is 17.2 Å². The maximum Gasteiger partial charge on any atom is 0.338 e. The van der Waals surface area contributed by atoms with Gasteiger partial charge >= 0.3 is 11.7 Å². The minimum atomic E-state index is -0.718. The Morgan fingerprint density at radius 3 is 2.41 bits per heavy atom. The Bertz CT molecular complexity index is 1080. The van der Waals surface area contributed by atoms with Gasteiger partial charge in [-0.3, -0.25) is 20.2 Å². The van der Waals surface area contributed by atoms with E-state index in [4.69, 9.17) is 9.15 Å². The quantitative estimate of drug-likeness (QED) is 0.327. The second-order valence-electron chi connectivity index (χ2n) is 5.52. The molecule has 1 heterocycles. The smallest absolute Gasteiger partial charge is 0.338 e. The van der Waals surface area contributed by atoms with E-state index in [0.29, 0.717) is 5.56 Å². The minimum absolute atomic E-state index is 0.00444. The summed E-state index contributed by atoms with van der Waals surface area (Å²) in [6.45, 7) is -0.265. The van der Waals surface area contributed by atoms with Crippen LogP contribution in [0.25, 0.3) is 11.5 Å². The van der Waals surface area contributed by atoms with Crippen LogP contribution in [0.3, 0.4) is 0 Å². The summed E-state index contributed by atoms with van der Waals surface area (Å²) in [6.07, 6.45) is 0. The number of esters is 1. The maximum absolute atomic E-state index is 11.5. The fourth-order valence-electron chi connectivity index (χ4n) is 2.32. The molecule has 0 bridgehead atoms. The fourth-order valence-corrected chi connectivity index (χ4v) is 2.32. The van der Waals surface area contributed by atoms with E-state index in [2.05, 4.69) is 14.9 Å². The molecule has 148 valence electrons. The Balaban J connectivity index is 1.74. The number of rotatable bonds is 7. The molecule has 1 aromatic heterocycles. The molecule has 0 unspecified atom stereocenters. The number of carbonyl (C=O) groups is 1. The van der Waals surface area contributed by atoms with Crippen LogP contribution < -0.4 is 4.74 Å². The molecule has 0 aliphatic heterocycles. The van der Waals surface area contributed by atoms with E-state index in [0.717, 1.165) is 13.2 Å². The lowest BCUT2D eigenvalue weighted by Crippen LogP contribution is -2.04. The van der Waals surface area contributed by atoms with Crippen LogP contribution in [0.1, 0.15) is 16.2 Å². The number of nitro groups is 2. The first-order valence-corrected chi connectivity index (χ1v) is 7.96. The average Bonchev–Trinajstić information content (AvgIpc) is 3.20. The normalized spacial score (nSPS) is 10.4. The largest absolute Gasteiger partial charge is 0.477 e. The van der Waals surface area contributed by atoms with Gasteiger partial charge in [0, 0.05) is 23.8 Å². The summed E-state index contributed by atoms with van der Waals surface area (Å²) in [4.78, 5) is 32.2. The van der Waals surface area contributed by atoms with Gasteiger partial charge in [-0.25, -0.2) is 4.79 Å². The van der Waals surface area contributed by atoms with E-state index < -0.39 is 21.5 Å². The number of ether oxygens (including phenoxy) is 2. The van der Waals surface area contributed by atoms with Crippen LogP contribution >= 0.6 is 0 Å². The summed E-state index contributed by atoms with van der Waals surface area (Å²) in [7, 11) is 1.16. The van der Waals surface area contributed by atoms with Crippen LogP contribution in [0.15, 0.2) is 46.9 Å². The number of hydrogen-bond acceptors (Lipinski definition) is 10. The van der Waals surface area contributed by atoms with Crippen molar-refractivity contribution < 1.29 is 28.5 Å². The Morgan fingerprint density at radius 1 is 1.07 bits per heavy atom. The van der Waals surface area contributed by atoms with Gasteiger partial charge in [-0.15, -0.1) is 10.2 Å². The minimum Gasteiger partial charge on any atom is -0.477 e. The molecule has 0 aliphatic rings. The molecule has 0 spiro atoms. The monoisotopic (exact) mass is 400 g/mol. The van der Waals surface area contributed by atoms with Crippen LogP contribution in [0.2, 0.25) is 0 Å². The molecule has 0 saturated carbocycles. The number of hydrogen-bond donors (Lipinski definition) is 0. The molecule has 29 heavy (non-hydrogen) atoms. The summed E-state index contributed by atoms with van der Waals surface area (Å²) >= 11 is 0. The van der Waals surface area contributed by atoms with Gasteiger partial charge in [-0.05, 0) is 24.3 Å². The SMILES string of the molecule is COC(=O)c1ccc(OCc2nnc(-c3ccc([N+](=O)[O-])cc3)o2)c([N+](=O)[O-])c1. The van der Waals surface area contributed by atoms with Crippen molar-refractivity contribution in [1.29, 1.82) is 0 Å². The van der Waals surface area contributed by atoms with Gasteiger partial charge in [0.1, 0.15) is 0 Å². The second-order valence-corrected chi connectivity index (χ2v) is 5.52. The topological polar surface area (TPSA) is 161 Å². The molecule has 3 rings (SSSR count). The molecule has 3 aromatic rings. The molecule has 0 fully saturated rings. The summed E-state index contributed by atoms with van der Waals surface area (Å²) in [6, 6.07) is 9.11. The highest BCUT2D eigenvalue weighted by Gasteiger charge is 2.20. The highest BCUT2D eigenvalue weighted by molar-refractivity contribution is 5.90. The molecule has 12 heteroatoms. The van der Waals surface area contributed by atoms with Crippen LogP contribution in [0, 0.1) is 20.2 Å². The number of benzene rings is 2. The number of non-ortho nitro benzene ring substituents is 1. The Labute approximate surface area is 162 Å². The van der Waals surface area contributed by atoms with Gasteiger partial charge in [0.2, 0.25) is 5.89 Å². The van der Waals surface area contributed by atoms with E-state index in [1.54, 1.807) is 0 Å². The number of nitrogens with zero attached hydrogens (tertiary/aromatic N) is 4. The van der Waals surface area contributed by atoms with Crippen molar-refractivity contribution in [1.82, 2.24) is 10.2 Å². The highest BCUT2D eigenvalue weighted by atomic mass is 16.6. The van der Waals surface area contributed by atoms with Crippen molar-refractivity contribution in [2.24, 2.45) is 0 Å². The van der Waals surface area contributed by atoms with Gasteiger partial charge in [0.05, 0.1) is 22.5 Å². The van der Waals surface area contributed by atoms with E-state index in [9.17, 15) is 25.0 Å². The molecule has 0 amide bonds. The maximum atomic E-state index is 11.5. The van der Waals surface area contributed by atoms with Crippen LogP contribution in [0.5, 0.6) is 5.75 Å². The van der Waals surface area contributed by atoms with Gasteiger partial charge in [-0.2, -0.15) is 0 Å². The predicted octanol–water partition coefficient (Wildman–Crippen LogP) is 2.92. The van der Waals surface area contributed by atoms with Crippen LogP contribution in [-0.4, -0.2) is 33.1 Å².